The number of hydrazine groups is 1. The predicted octanol–water partition coefficient (Wildman–Crippen LogP) is 1.53. The summed E-state index contributed by atoms with van der Waals surface area (Å²) in [5, 5.41) is 7.70. The van der Waals surface area contributed by atoms with Crippen LogP contribution in [-0.2, 0) is 6.42 Å². The molecule has 0 saturated carbocycles. The molecule has 7 nitrogen and oxygen atoms in total. The van der Waals surface area contributed by atoms with Gasteiger partial charge in [0.1, 0.15) is 0 Å². The highest BCUT2D eigenvalue weighted by atomic mass is 16.1. The summed E-state index contributed by atoms with van der Waals surface area (Å²) in [6.45, 7) is 2.61. The molecule has 3 rings (SSSR count). The molecule has 0 fully saturated rings. The minimum Gasteiger partial charge on any atom is -0.358 e. The Balaban J connectivity index is 1.63. The summed E-state index contributed by atoms with van der Waals surface area (Å²) in [7, 11) is 0. The van der Waals surface area contributed by atoms with Gasteiger partial charge in [0.25, 0.3) is 5.91 Å². The molecule has 3 aromatic rings. The van der Waals surface area contributed by atoms with E-state index < -0.39 is 0 Å². The summed E-state index contributed by atoms with van der Waals surface area (Å²) in [5.74, 6) is 10.8. The summed E-state index contributed by atoms with van der Waals surface area (Å²) in [6.07, 6.45) is 0.765. The number of benzene rings is 2. The molecule has 0 aliphatic rings. The molecule has 0 aliphatic heterocycles. The number of nitrogens with one attached hydrogen (secondary N) is 3. The van der Waals surface area contributed by atoms with Crippen molar-refractivity contribution in [3.8, 4) is 0 Å². The van der Waals surface area contributed by atoms with E-state index in [0.717, 1.165) is 17.6 Å². The molecule has 1 amide bonds. The second-order valence-corrected chi connectivity index (χ2v) is 5.98. The molecule has 134 valence electrons. The number of fused-ring (bicyclic) bond motifs is 1. The standard InChI is InChI=1S/C19H22N6O/c1-12-15(16-4-2-3-5-17(16)23-12)10-11-22-19(26)14-8-6-13(7-9-14)18(24-20)25-21/h2-9,23H,10-11,20-21H2,1H3,(H,22,26)(H,24,25). The van der Waals surface area contributed by atoms with E-state index in [0.29, 0.717) is 23.5 Å². The second kappa shape index (κ2) is 7.71. The lowest BCUT2D eigenvalue weighted by molar-refractivity contribution is 0.0954. The van der Waals surface area contributed by atoms with Crippen LogP contribution in [0.15, 0.2) is 53.6 Å². The fourth-order valence-electron chi connectivity index (χ4n) is 3.03. The monoisotopic (exact) mass is 350 g/mol. The molecule has 2 aromatic carbocycles. The summed E-state index contributed by atoms with van der Waals surface area (Å²) < 4.78 is 0. The van der Waals surface area contributed by atoms with Crippen molar-refractivity contribution in [1.82, 2.24) is 15.7 Å². The third-order valence-corrected chi connectivity index (χ3v) is 4.37. The Hall–Kier alpha value is -3.32. The highest BCUT2D eigenvalue weighted by molar-refractivity contribution is 6.00. The molecular formula is C19H22N6O. The average molecular weight is 350 g/mol. The van der Waals surface area contributed by atoms with E-state index in [9.17, 15) is 4.79 Å². The summed E-state index contributed by atoms with van der Waals surface area (Å²) in [4.78, 5) is 15.7. The maximum atomic E-state index is 12.3. The van der Waals surface area contributed by atoms with Crippen molar-refractivity contribution in [3.05, 3.63) is 70.9 Å². The Morgan fingerprint density at radius 3 is 2.50 bits per heavy atom. The van der Waals surface area contributed by atoms with Crippen LogP contribution in [0.3, 0.4) is 0 Å². The molecule has 0 atom stereocenters. The van der Waals surface area contributed by atoms with Gasteiger partial charge in [0.15, 0.2) is 5.84 Å². The van der Waals surface area contributed by atoms with E-state index in [2.05, 4.69) is 39.9 Å². The van der Waals surface area contributed by atoms with Crippen molar-refractivity contribution >= 4 is 22.6 Å². The number of aromatic nitrogens is 1. The van der Waals surface area contributed by atoms with E-state index in [-0.39, 0.29) is 5.91 Å². The zero-order valence-corrected chi connectivity index (χ0v) is 14.5. The Bertz CT molecular complexity index is 942. The van der Waals surface area contributed by atoms with Gasteiger partial charge in [-0.2, -0.15) is 5.10 Å². The van der Waals surface area contributed by atoms with Crippen molar-refractivity contribution in [2.24, 2.45) is 16.8 Å². The fourth-order valence-corrected chi connectivity index (χ4v) is 3.03. The number of rotatable bonds is 5. The van der Waals surface area contributed by atoms with Crippen LogP contribution in [0.1, 0.15) is 27.2 Å². The molecule has 0 unspecified atom stereocenters. The zero-order chi connectivity index (χ0) is 18.5. The number of carbonyl (C=O) groups is 1. The van der Waals surface area contributed by atoms with Crippen LogP contribution in [0, 0.1) is 6.92 Å². The molecule has 26 heavy (non-hydrogen) atoms. The van der Waals surface area contributed by atoms with Crippen molar-refractivity contribution < 1.29 is 4.79 Å². The van der Waals surface area contributed by atoms with Crippen molar-refractivity contribution in [1.29, 1.82) is 0 Å². The summed E-state index contributed by atoms with van der Waals surface area (Å²) in [5.41, 5.74) is 7.17. The molecule has 0 aliphatic carbocycles. The van der Waals surface area contributed by atoms with Gasteiger partial charge in [-0.1, -0.05) is 30.3 Å². The lowest BCUT2D eigenvalue weighted by Gasteiger charge is -2.08. The number of carbonyl (C=O) groups excluding carboxylic acids is 1. The lowest BCUT2D eigenvalue weighted by atomic mass is 10.1. The first kappa shape index (κ1) is 17.5. The maximum Gasteiger partial charge on any atom is 0.251 e. The first-order valence-corrected chi connectivity index (χ1v) is 8.33. The van der Waals surface area contributed by atoms with E-state index in [4.69, 9.17) is 11.7 Å². The number of amides is 1. The molecule has 0 bridgehead atoms. The quantitative estimate of drug-likeness (QED) is 0.207. The summed E-state index contributed by atoms with van der Waals surface area (Å²) >= 11 is 0. The van der Waals surface area contributed by atoms with Gasteiger partial charge in [0.2, 0.25) is 0 Å². The molecule has 7 heteroatoms. The Morgan fingerprint density at radius 1 is 1.12 bits per heavy atom. The normalized spacial score (nSPS) is 11.5. The van der Waals surface area contributed by atoms with Crippen LogP contribution in [0.25, 0.3) is 10.9 Å². The second-order valence-electron chi connectivity index (χ2n) is 5.98. The predicted molar refractivity (Wildman–Crippen MR) is 104 cm³/mol. The molecule has 0 saturated heterocycles. The maximum absolute atomic E-state index is 12.3. The minimum absolute atomic E-state index is 0.124. The SMILES string of the molecule is Cc1[nH]c2ccccc2c1CCNC(=O)c1ccc(/C(=N/N)NN)cc1. The highest BCUT2D eigenvalue weighted by Crippen LogP contribution is 2.21. The van der Waals surface area contributed by atoms with Crippen LogP contribution in [-0.4, -0.2) is 23.3 Å². The van der Waals surface area contributed by atoms with Crippen LogP contribution in [0.2, 0.25) is 0 Å². The number of para-hydroxylation sites is 1. The van der Waals surface area contributed by atoms with Gasteiger partial charge < -0.3 is 21.6 Å². The Kier molecular flexibility index (Phi) is 5.19. The topological polar surface area (TPSA) is 121 Å². The van der Waals surface area contributed by atoms with Gasteiger partial charge in [-0.25, -0.2) is 5.84 Å². The largest absolute Gasteiger partial charge is 0.358 e. The zero-order valence-electron chi connectivity index (χ0n) is 14.5. The highest BCUT2D eigenvalue weighted by Gasteiger charge is 2.10. The molecule has 0 radical (unpaired) electrons. The summed E-state index contributed by atoms with van der Waals surface area (Å²) in [6, 6.07) is 15.1. The third kappa shape index (κ3) is 3.52. The lowest BCUT2D eigenvalue weighted by Crippen LogP contribution is -2.32. The van der Waals surface area contributed by atoms with E-state index in [1.165, 1.54) is 10.9 Å². The number of hydrazone groups is 1. The Labute approximate surface area is 151 Å². The number of aromatic amines is 1. The van der Waals surface area contributed by atoms with Crippen molar-refractivity contribution in [2.45, 2.75) is 13.3 Å². The van der Waals surface area contributed by atoms with E-state index >= 15 is 0 Å². The molecule has 1 aromatic heterocycles. The number of aryl methyl sites for hydroxylation is 1. The molecule has 0 spiro atoms. The fraction of sp³-hybridized carbons (Fsp3) is 0.158. The molecular weight excluding hydrogens is 328 g/mol. The first-order valence-electron chi connectivity index (χ1n) is 8.33. The average Bonchev–Trinajstić information content (AvgIpc) is 2.99. The van der Waals surface area contributed by atoms with E-state index in [1.807, 2.05) is 12.1 Å². The van der Waals surface area contributed by atoms with Gasteiger partial charge in [-0.05, 0) is 37.1 Å². The number of nitrogens with zero attached hydrogens (tertiary/aromatic N) is 1. The molecule has 1 heterocycles. The third-order valence-electron chi connectivity index (χ3n) is 4.37. The van der Waals surface area contributed by atoms with Gasteiger partial charge >= 0.3 is 0 Å². The number of hydrogen-bond acceptors (Lipinski definition) is 4. The van der Waals surface area contributed by atoms with Crippen molar-refractivity contribution in [2.75, 3.05) is 6.54 Å². The molecule has 7 N–H and O–H groups in total. The van der Waals surface area contributed by atoms with Crippen LogP contribution in [0.4, 0.5) is 0 Å². The van der Waals surface area contributed by atoms with Gasteiger partial charge in [0.05, 0.1) is 0 Å². The van der Waals surface area contributed by atoms with Crippen LogP contribution in [0.5, 0.6) is 0 Å². The van der Waals surface area contributed by atoms with Crippen LogP contribution < -0.4 is 22.4 Å². The number of nitrogens with two attached hydrogens (primary N) is 2. The van der Waals surface area contributed by atoms with Crippen molar-refractivity contribution in [3.63, 3.8) is 0 Å². The number of H-pyrrole nitrogens is 1. The van der Waals surface area contributed by atoms with E-state index in [1.54, 1.807) is 24.3 Å². The van der Waals surface area contributed by atoms with Crippen LogP contribution >= 0.6 is 0 Å². The minimum atomic E-state index is -0.124. The number of hydrogen-bond donors (Lipinski definition) is 5. The van der Waals surface area contributed by atoms with Gasteiger partial charge in [-0.3, -0.25) is 4.79 Å². The number of amidine groups is 1. The van der Waals surface area contributed by atoms with Gasteiger partial charge in [0, 0.05) is 34.3 Å². The Morgan fingerprint density at radius 2 is 1.81 bits per heavy atom. The van der Waals surface area contributed by atoms with Gasteiger partial charge in [-0.15, -0.1) is 0 Å². The smallest absolute Gasteiger partial charge is 0.251 e. The first-order chi connectivity index (χ1) is 12.6.